The highest BCUT2D eigenvalue weighted by atomic mass is 16.2. The Hall–Kier alpha value is -3.86. The highest BCUT2D eigenvalue weighted by Crippen LogP contribution is 2.30. The number of primary amides is 2. The van der Waals surface area contributed by atoms with E-state index in [1.165, 1.54) is 0 Å². The summed E-state index contributed by atoms with van der Waals surface area (Å²) in [6, 6.07) is 9.87. The zero-order valence-corrected chi connectivity index (χ0v) is 12.3. The molecule has 0 aliphatic rings. The molecule has 0 aliphatic carbocycles. The van der Waals surface area contributed by atoms with Crippen LogP contribution >= 0.6 is 0 Å². The van der Waals surface area contributed by atoms with E-state index in [2.05, 4.69) is 15.3 Å². The van der Waals surface area contributed by atoms with E-state index >= 15 is 0 Å². The molecule has 0 fully saturated rings. The van der Waals surface area contributed by atoms with E-state index in [1.807, 2.05) is 6.07 Å². The van der Waals surface area contributed by atoms with Gasteiger partial charge in [-0.15, -0.1) is 0 Å². The van der Waals surface area contributed by atoms with Crippen LogP contribution < -0.4 is 16.8 Å². The minimum Gasteiger partial charge on any atom is -0.365 e. The van der Waals surface area contributed by atoms with Gasteiger partial charge in [0.25, 0.3) is 5.91 Å². The fourth-order valence-corrected chi connectivity index (χ4v) is 2.52. The molecule has 3 aromatic rings. The van der Waals surface area contributed by atoms with Gasteiger partial charge in [0.15, 0.2) is 0 Å². The maximum atomic E-state index is 11.7. The average Bonchev–Trinajstić information content (AvgIpc) is 2.91. The maximum Gasteiger partial charge on any atom is 0.317 e. The number of carbonyl (C=O) groups is 2. The molecule has 2 aromatic heterocycles. The zero-order valence-electron chi connectivity index (χ0n) is 12.3. The van der Waals surface area contributed by atoms with Crippen molar-refractivity contribution in [3.05, 3.63) is 47.8 Å². The van der Waals surface area contributed by atoms with Crippen molar-refractivity contribution in [2.24, 2.45) is 11.5 Å². The molecule has 0 spiro atoms. The molecule has 24 heavy (non-hydrogen) atoms. The van der Waals surface area contributed by atoms with Gasteiger partial charge in [-0.05, 0) is 29.3 Å². The SMILES string of the molecule is N#Cc1cc(-c2ccc3c(C(N)=O)c(NC(N)=O)[nH]c3c2)ccn1. The Morgan fingerprint density at radius 2 is 1.92 bits per heavy atom. The monoisotopic (exact) mass is 320 g/mol. The first-order valence-corrected chi connectivity index (χ1v) is 6.88. The second-order valence-corrected chi connectivity index (χ2v) is 5.03. The van der Waals surface area contributed by atoms with Gasteiger partial charge >= 0.3 is 6.03 Å². The lowest BCUT2D eigenvalue weighted by Crippen LogP contribution is -2.22. The summed E-state index contributed by atoms with van der Waals surface area (Å²) < 4.78 is 0. The number of nitriles is 1. The lowest BCUT2D eigenvalue weighted by atomic mass is 10.0. The van der Waals surface area contributed by atoms with Crippen molar-refractivity contribution in [1.29, 1.82) is 5.26 Å². The summed E-state index contributed by atoms with van der Waals surface area (Å²) in [6.07, 6.45) is 1.54. The van der Waals surface area contributed by atoms with Crippen LogP contribution in [0.5, 0.6) is 0 Å². The first-order chi connectivity index (χ1) is 11.5. The van der Waals surface area contributed by atoms with Gasteiger partial charge in [-0.25, -0.2) is 9.78 Å². The molecule has 118 valence electrons. The van der Waals surface area contributed by atoms with Crippen molar-refractivity contribution in [2.45, 2.75) is 0 Å². The van der Waals surface area contributed by atoms with E-state index in [0.717, 1.165) is 11.1 Å². The Morgan fingerprint density at radius 1 is 1.17 bits per heavy atom. The summed E-state index contributed by atoms with van der Waals surface area (Å²) in [6.45, 7) is 0. The highest BCUT2D eigenvalue weighted by molar-refractivity contribution is 6.13. The number of hydrogen-bond acceptors (Lipinski definition) is 4. The molecule has 3 rings (SSSR count). The van der Waals surface area contributed by atoms with Gasteiger partial charge in [0.05, 0.1) is 5.56 Å². The predicted octanol–water partition coefficient (Wildman–Crippen LogP) is 1.69. The van der Waals surface area contributed by atoms with Gasteiger partial charge in [-0.1, -0.05) is 12.1 Å². The fourth-order valence-electron chi connectivity index (χ4n) is 2.52. The molecule has 1 aromatic carbocycles. The summed E-state index contributed by atoms with van der Waals surface area (Å²) in [5, 5.41) is 11.9. The van der Waals surface area contributed by atoms with Crippen molar-refractivity contribution >= 4 is 28.7 Å². The number of pyridine rings is 1. The number of fused-ring (bicyclic) bond motifs is 1. The number of urea groups is 1. The van der Waals surface area contributed by atoms with Crippen molar-refractivity contribution < 1.29 is 9.59 Å². The molecular formula is C16H12N6O2. The molecule has 6 N–H and O–H groups in total. The number of aromatic amines is 1. The third kappa shape index (κ3) is 2.62. The van der Waals surface area contributed by atoms with Crippen LogP contribution in [0, 0.1) is 11.3 Å². The Bertz CT molecular complexity index is 1020. The number of carbonyl (C=O) groups excluding carboxylic acids is 2. The number of nitrogens with one attached hydrogen (secondary N) is 2. The van der Waals surface area contributed by atoms with Crippen LogP contribution in [-0.4, -0.2) is 21.9 Å². The van der Waals surface area contributed by atoms with E-state index in [1.54, 1.807) is 36.5 Å². The van der Waals surface area contributed by atoms with Crippen LogP contribution in [0.3, 0.4) is 0 Å². The van der Waals surface area contributed by atoms with Crippen molar-refractivity contribution in [2.75, 3.05) is 5.32 Å². The van der Waals surface area contributed by atoms with E-state index in [-0.39, 0.29) is 11.4 Å². The minimum atomic E-state index is -0.808. The topological polar surface area (TPSA) is 151 Å². The molecule has 8 heteroatoms. The first kappa shape index (κ1) is 15.1. The van der Waals surface area contributed by atoms with Gasteiger partial charge in [0, 0.05) is 17.1 Å². The van der Waals surface area contributed by atoms with Gasteiger partial charge < -0.3 is 16.5 Å². The van der Waals surface area contributed by atoms with Crippen molar-refractivity contribution in [3.63, 3.8) is 0 Å². The smallest absolute Gasteiger partial charge is 0.317 e. The van der Waals surface area contributed by atoms with Crippen LogP contribution in [0.4, 0.5) is 10.6 Å². The minimum absolute atomic E-state index is 0.148. The quantitative estimate of drug-likeness (QED) is 0.580. The number of nitrogens with two attached hydrogens (primary N) is 2. The third-order valence-electron chi connectivity index (χ3n) is 3.50. The molecule has 3 amide bonds. The maximum absolute atomic E-state index is 11.7. The average molecular weight is 320 g/mol. The van der Waals surface area contributed by atoms with Crippen LogP contribution in [0.2, 0.25) is 0 Å². The Balaban J connectivity index is 2.16. The first-order valence-electron chi connectivity index (χ1n) is 6.88. The standard InChI is InChI=1S/C16H12N6O2/c17-7-10-5-9(3-4-20-10)8-1-2-11-12(6-8)21-15(22-16(19)24)13(11)14(18)23/h1-6,21H,(H2,18,23)(H3,19,22,24). The second kappa shape index (κ2) is 5.73. The number of aromatic nitrogens is 2. The molecule has 0 unspecified atom stereocenters. The van der Waals surface area contributed by atoms with E-state index in [0.29, 0.717) is 16.6 Å². The number of hydrogen-bond donors (Lipinski definition) is 4. The Labute approximate surface area is 136 Å². The Morgan fingerprint density at radius 3 is 2.58 bits per heavy atom. The highest BCUT2D eigenvalue weighted by Gasteiger charge is 2.17. The van der Waals surface area contributed by atoms with Gasteiger partial charge in [0.2, 0.25) is 0 Å². The molecular weight excluding hydrogens is 308 g/mol. The number of H-pyrrole nitrogens is 1. The summed E-state index contributed by atoms with van der Waals surface area (Å²) in [5.74, 6) is -0.539. The van der Waals surface area contributed by atoms with E-state index in [9.17, 15) is 9.59 Å². The second-order valence-electron chi connectivity index (χ2n) is 5.03. The fraction of sp³-hybridized carbons (Fsp3) is 0. The van der Waals surface area contributed by atoms with Crippen LogP contribution in [0.1, 0.15) is 16.1 Å². The number of anilines is 1. The summed E-state index contributed by atoms with van der Waals surface area (Å²) in [5.41, 5.74) is 13.2. The van der Waals surface area contributed by atoms with E-state index < -0.39 is 11.9 Å². The van der Waals surface area contributed by atoms with E-state index in [4.69, 9.17) is 16.7 Å². The molecule has 0 radical (unpaired) electrons. The zero-order chi connectivity index (χ0) is 17.3. The predicted molar refractivity (Wildman–Crippen MR) is 88.0 cm³/mol. The number of amides is 3. The molecule has 0 atom stereocenters. The number of nitrogens with zero attached hydrogens (tertiary/aromatic N) is 2. The Kier molecular flexibility index (Phi) is 3.60. The molecule has 0 bridgehead atoms. The summed E-state index contributed by atoms with van der Waals surface area (Å²) in [4.78, 5) is 29.6. The summed E-state index contributed by atoms with van der Waals surface area (Å²) >= 11 is 0. The summed E-state index contributed by atoms with van der Waals surface area (Å²) in [7, 11) is 0. The largest absolute Gasteiger partial charge is 0.365 e. The van der Waals surface area contributed by atoms with Gasteiger partial charge in [-0.3, -0.25) is 10.1 Å². The molecule has 0 saturated heterocycles. The third-order valence-corrected chi connectivity index (χ3v) is 3.50. The molecule has 0 saturated carbocycles. The number of rotatable bonds is 3. The van der Waals surface area contributed by atoms with Crippen LogP contribution in [0.25, 0.3) is 22.0 Å². The lowest BCUT2D eigenvalue weighted by molar-refractivity contribution is 0.100. The van der Waals surface area contributed by atoms with Crippen LogP contribution in [-0.2, 0) is 0 Å². The lowest BCUT2D eigenvalue weighted by Gasteiger charge is -2.02. The van der Waals surface area contributed by atoms with Crippen molar-refractivity contribution in [1.82, 2.24) is 9.97 Å². The van der Waals surface area contributed by atoms with Gasteiger partial charge in [0.1, 0.15) is 17.6 Å². The molecule has 0 aliphatic heterocycles. The molecule has 8 nitrogen and oxygen atoms in total. The number of benzene rings is 1. The van der Waals surface area contributed by atoms with Crippen molar-refractivity contribution in [3.8, 4) is 17.2 Å². The normalized spacial score (nSPS) is 10.3. The molecule has 2 heterocycles. The van der Waals surface area contributed by atoms with Crippen LogP contribution in [0.15, 0.2) is 36.5 Å². The van der Waals surface area contributed by atoms with Gasteiger partial charge in [-0.2, -0.15) is 5.26 Å².